The Bertz CT molecular complexity index is 632. The molecule has 0 aromatic carbocycles. The molecular formula is C13H9N3O2. The molecule has 0 saturated carbocycles. The standard InChI is InChI=1S/C13H9N3O2/c1-8-4-6-14-10(7-8)16-12(17)9-3-2-5-15-11(9)13(16)18/h2-7H,1H3. The van der Waals surface area contributed by atoms with Crippen LogP contribution in [-0.2, 0) is 0 Å². The van der Waals surface area contributed by atoms with E-state index >= 15 is 0 Å². The van der Waals surface area contributed by atoms with E-state index in [1.807, 2.05) is 6.92 Å². The van der Waals surface area contributed by atoms with E-state index in [4.69, 9.17) is 0 Å². The number of rotatable bonds is 1. The van der Waals surface area contributed by atoms with Crippen LogP contribution in [0.1, 0.15) is 26.4 Å². The number of amides is 2. The third-order valence-electron chi connectivity index (χ3n) is 2.78. The second kappa shape index (κ2) is 3.73. The van der Waals surface area contributed by atoms with Crippen LogP contribution < -0.4 is 4.90 Å². The topological polar surface area (TPSA) is 63.2 Å². The van der Waals surface area contributed by atoms with Crippen LogP contribution in [-0.4, -0.2) is 21.8 Å². The molecule has 3 heterocycles. The fourth-order valence-corrected chi connectivity index (χ4v) is 1.92. The molecule has 0 radical (unpaired) electrons. The molecule has 0 bridgehead atoms. The minimum absolute atomic E-state index is 0.186. The summed E-state index contributed by atoms with van der Waals surface area (Å²) in [6, 6.07) is 6.73. The molecule has 1 aliphatic heterocycles. The zero-order valence-electron chi connectivity index (χ0n) is 9.62. The van der Waals surface area contributed by atoms with Gasteiger partial charge in [0.05, 0.1) is 5.56 Å². The van der Waals surface area contributed by atoms with Crippen molar-refractivity contribution in [2.45, 2.75) is 6.92 Å². The predicted octanol–water partition coefficient (Wildman–Crippen LogP) is 1.59. The van der Waals surface area contributed by atoms with E-state index in [1.54, 1.807) is 30.5 Å². The van der Waals surface area contributed by atoms with E-state index in [0.717, 1.165) is 10.5 Å². The van der Waals surface area contributed by atoms with E-state index in [1.165, 1.54) is 6.20 Å². The molecule has 5 heteroatoms. The van der Waals surface area contributed by atoms with E-state index in [-0.39, 0.29) is 11.6 Å². The van der Waals surface area contributed by atoms with Gasteiger partial charge in [0, 0.05) is 12.4 Å². The van der Waals surface area contributed by atoms with Crippen molar-refractivity contribution in [3.05, 3.63) is 53.5 Å². The van der Waals surface area contributed by atoms with Crippen LogP contribution in [0, 0.1) is 6.92 Å². The highest BCUT2D eigenvalue weighted by Crippen LogP contribution is 2.25. The first-order valence-corrected chi connectivity index (χ1v) is 5.45. The van der Waals surface area contributed by atoms with Gasteiger partial charge >= 0.3 is 0 Å². The van der Waals surface area contributed by atoms with Crippen molar-refractivity contribution in [3.8, 4) is 0 Å². The summed E-state index contributed by atoms with van der Waals surface area (Å²) in [7, 11) is 0. The highest BCUT2D eigenvalue weighted by atomic mass is 16.2. The van der Waals surface area contributed by atoms with Gasteiger partial charge in [-0.25, -0.2) is 9.88 Å². The number of pyridine rings is 2. The van der Waals surface area contributed by atoms with Crippen molar-refractivity contribution >= 4 is 17.6 Å². The van der Waals surface area contributed by atoms with Gasteiger partial charge in [0.1, 0.15) is 11.5 Å². The summed E-state index contributed by atoms with van der Waals surface area (Å²) in [6.07, 6.45) is 3.07. The Labute approximate surface area is 103 Å². The number of hydrogen-bond donors (Lipinski definition) is 0. The van der Waals surface area contributed by atoms with Gasteiger partial charge in [-0.15, -0.1) is 0 Å². The Balaban J connectivity index is 2.12. The predicted molar refractivity (Wildman–Crippen MR) is 64.4 cm³/mol. The smallest absolute Gasteiger partial charge is 0.268 e. The summed E-state index contributed by atoms with van der Waals surface area (Å²) in [5.74, 6) is -0.460. The van der Waals surface area contributed by atoms with Crippen molar-refractivity contribution in [3.63, 3.8) is 0 Å². The molecule has 0 N–H and O–H groups in total. The summed E-state index contributed by atoms with van der Waals surface area (Å²) in [5.41, 5.74) is 1.45. The number of hydrogen-bond acceptors (Lipinski definition) is 4. The minimum atomic E-state index is -0.423. The maximum Gasteiger partial charge on any atom is 0.285 e. The highest BCUT2D eigenvalue weighted by Gasteiger charge is 2.38. The van der Waals surface area contributed by atoms with Gasteiger partial charge in [-0.3, -0.25) is 14.6 Å². The minimum Gasteiger partial charge on any atom is -0.268 e. The van der Waals surface area contributed by atoms with Gasteiger partial charge in [0.15, 0.2) is 0 Å². The quantitative estimate of drug-likeness (QED) is 0.709. The number of aromatic nitrogens is 2. The van der Waals surface area contributed by atoms with Gasteiger partial charge in [-0.1, -0.05) is 0 Å². The number of nitrogens with zero attached hydrogens (tertiary/aromatic N) is 3. The van der Waals surface area contributed by atoms with Gasteiger partial charge in [0.25, 0.3) is 11.8 Å². The Hall–Kier alpha value is -2.56. The molecule has 5 nitrogen and oxygen atoms in total. The number of carbonyl (C=O) groups excluding carboxylic acids is 2. The average Bonchev–Trinajstić information content (AvgIpc) is 2.63. The van der Waals surface area contributed by atoms with Crippen LogP contribution >= 0.6 is 0 Å². The lowest BCUT2D eigenvalue weighted by atomic mass is 10.2. The molecular weight excluding hydrogens is 230 g/mol. The van der Waals surface area contributed by atoms with Crippen molar-refractivity contribution in [1.82, 2.24) is 9.97 Å². The second-order valence-corrected chi connectivity index (χ2v) is 4.04. The normalized spacial score (nSPS) is 13.9. The Morgan fingerprint density at radius 3 is 2.61 bits per heavy atom. The summed E-state index contributed by atoms with van der Waals surface area (Å²) in [4.78, 5) is 33.3. The molecule has 2 aromatic rings. The van der Waals surface area contributed by atoms with Gasteiger partial charge in [0.2, 0.25) is 0 Å². The lowest BCUT2D eigenvalue weighted by Crippen LogP contribution is -2.30. The Morgan fingerprint density at radius 1 is 1.06 bits per heavy atom. The summed E-state index contributed by atoms with van der Waals surface area (Å²) in [5, 5.41) is 0. The molecule has 18 heavy (non-hydrogen) atoms. The lowest BCUT2D eigenvalue weighted by molar-refractivity contribution is 0.0923. The summed E-state index contributed by atoms with van der Waals surface area (Å²) < 4.78 is 0. The molecule has 2 amide bonds. The second-order valence-electron chi connectivity index (χ2n) is 4.04. The first-order valence-electron chi connectivity index (χ1n) is 5.45. The van der Waals surface area contributed by atoms with Gasteiger partial charge in [-0.05, 0) is 36.8 Å². The molecule has 0 saturated heterocycles. The van der Waals surface area contributed by atoms with E-state index in [0.29, 0.717) is 11.4 Å². The number of imide groups is 1. The number of fused-ring (bicyclic) bond motifs is 1. The fourth-order valence-electron chi connectivity index (χ4n) is 1.92. The van der Waals surface area contributed by atoms with E-state index in [9.17, 15) is 9.59 Å². The van der Waals surface area contributed by atoms with Crippen LogP contribution in [0.5, 0.6) is 0 Å². The van der Waals surface area contributed by atoms with Crippen LogP contribution in [0.3, 0.4) is 0 Å². The maximum absolute atomic E-state index is 12.1. The number of carbonyl (C=O) groups is 2. The van der Waals surface area contributed by atoms with Crippen molar-refractivity contribution in [2.75, 3.05) is 4.90 Å². The van der Waals surface area contributed by atoms with Gasteiger partial charge in [-0.2, -0.15) is 0 Å². The van der Waals surface area contributed by atoms with Crippen LogP contribution in [0.4, 0.5) is 5.82 Å². The third kappa shape index (κ3) is 1.41. The van der Waals surface area contributed by atoms with Crippen molar-refractivity contribution in [2.24, 2.45) is 0 Å². The summed E-state index contributed by atoms with van der Waals surface area (Å²) in [6.45, 7) is 1.88. The zero-order valence-corrected chi connectivity index (χ0v) is 9.62. The molecule has 1 aliphatic rings. The summed E-state index contributed by atoms with van der Waals surface area (Å²) >= 11 is 0. The zero-order chi connectivity index (χ0) is 12.7. The molecule has 0 spiro atoms. The van der Waals surface area contributed by atoms with Crippen molar-refractivity contribution in [1.29, 1.82) is 0 Å². The van der Waals surface area contributed by atoms with Crippen molar-refractivity contribution < 1.29 is 9.59 Å². The van der Waals surface area contributed by atoms with E-state index in [2.05, 4.69) is 9.97 Å². The third-order valence-corrected chi connectivity index (χ3v) is 2.78. The monoisotopic (exact) mass is 239 g/mol. The number of aryl methyl sites for hydroxylation is 1. The van der Waals surface area contributed by atoms with Crippen LogP contribution in [0.25, 0.3) is 0 Å². The molecule has 88 valence electrons. The first kappa shape index (κ1) is 10.6. The molecule has 3 rings (SSSR count). The van der Waals surface area contributed by atoms with E-state index < -0.39 is 5.91 Å². The van der Waals surface area contributed by atoms with Crippen LogP contribution in [0.2, 0.25) is 0 Å². The fraction of sp³-hybridized carbons (Fsp3) is 0.0769. The SMILES string of the molecule is Cc1ccnc(N2C(=O)c3cccnc3C2=O)c1. The average molecular weight is 239 g/mol. The largest absolute Gasteiger partial charge is 0.285 e. The lowest BCUT2D eigenvalue weighted by Gasteiger charge is -2.12. The number of anilines is 1. The Kier molecular flexibility index (Phi) is 2.19. The maximum atomic E-state index is 12.1. The molecule has 0 unspecified atom stereocenters. The van der Waals surface area contributed by atoms with Crippen LogP contribution in [0.15, 0.2) is 36.7 Å². The first-order chi connectivity index (χ1) is 8.68. The van der Waals surface area contributed by atoms with Gasteiger partial charge < -0.3 is 0 Å². The highest BCUT2D eigenvalue weighted by molar-refractivity contribution is 6.33. The molecule has 0 fully saturated rings. The Morgan fingerprint density at radius 2 is 1.89 bits per heavy atom. The molecule has 0 aliphatic carbocycles. The molecule has 0 atom stereocenters. The molecule has 2 aromatic heterocycles.